The molecule has 0 atom stereocenters. The first-order valence-electron chi connectivity index (χ1n) is 8.45. The molecule has 0 aliphatic carbocycles. The minimum Gasteiger partial charge on any atom is -0.384 e. The maximum absolute atomic E-state index is 12.0. The molecule has 1 amide bonds. The molecule has 0 radical (unpaired) electrons. The summed E-state index contributed by atoms with van der Waals surface area (Å²) in [4.78, 5) is 20.3. The highest BCUT2D eigenvalue weighted by atomic mass is 16.5. The minimum atomic E-state index is -0.155. The Morgan fingerprint density at radius 1 is 1.19 bits per heavy atom. The number of nitrogen functional groups attached to an aromatic ring is 1. The third-order valence-electron chi connectivity index (χ3n) is 3.94. The average molecular weight is 351 g/mol. The predicted molar refractivity (Wildman–Crippen MR) is 99.4 cm³/mol. The van der Waals surface area contributed by atoms with Crippen molar-refractivity contribution in [2.24, 2.45) is 0 Å². The number of nitrogens with two attached hydrogens (primary N) is 1. The Bertz CT molecular complexity index is 870. The van der Waals surface area contributed by atoms with Gasteiger partial charge in [0, 0.05) is 18.4 Å². The van der Waals surface area contributed by atoms with Crippen LogP contribution in [0.1, 0.15) is 37.6 Å². The summed E-state index contributed by atoms with van der Waals surface area (Å²) in [6.07, 6.45) is 2.11. The van der Waals surface area contributed by atoms with Crippen molar-refractivity contribution in [2.75, 3.05) is 11.1 Å². The fourth-order valence-corrected chi connectivity index (χ4v) is 2.41. The zero-order valence-corrected chi connectivity index (χ0v) is 14.8. The van der Waals surface area contributed by atoms with Gasteiger partial charge in [0.2, 0.25) is 17.6 Å². The third kappa shape index (κ3) is 4.44. The standard InChI is InChI=1S/C19H21N5O2/c1-12(2)13-3-5-14(6-4-13)19-23-18(26-24-19)10-9-17(25)22-15-7-8-16(20)21-11-15/h3-8,11-12H,9-10H2,1-2H3,(H2,20,21)(H,22,25). The van der Waals surface area contributed by atoms with Crippen LogP contribution >= 0.6 is 0 Å². The summed E-state index contributed by atoms with van der Waals surface area (Å²) in [6, 6.07) is 11.4. The van der Waals surface area contributed by atoms with Crippen molar-refractivity contribution in [3.05, 3.63) is 54.0 Å². The van der Waals surface area contributed by atoms with Gasteiger partial charge in [0.05, 0.1) is 11.9 Å². The second kappa shape index (κ2) is 7.77. The number of anilines is 2. The molecule has 3 N–H and O–H groups in total. The van der Waals surface area contributed by atoms with Crippen LogP contribution in [0.3, 0.4) is 0 Å². The molecule has 1 aromatic carbocycles. The Kier molecular flexibility index (Phi) is 5.26. The molecular formula is C19H21N5O2. The number of aromatic nitrogens is 3. The number of amides is 1. The van der Waals surface area contributed by atoms with Crippen molar-refractivity contribution in [1.29, 1.82) is 0 Å². The summed E-state index contributed by atoms with van der Waals surface area (Å²) in [6.45, 7) is 4.29. The van der Waals surface area contributed by atoms with Gasteiger partial charge in [-0.05, 0) is 23.6 Å². The molecule has 26 heavy (non-hydrogen) atoms. The van der Waals surface area contributed by atoms with Gasteiger partial charge >= 0.3 is 0 Å². The molecule has 2 aromatic heterocycles. The monoisotopic (exact) mass is 351 g/mol. The van der Waals surface area contributed by atoms with E-state index in [9.17, 15) is 4.79 Å². The maximum Gasteiger partial charge on any atom is 0.227 e. The van der Waals surface area contributed by atoms with E-state index in [4.69, 9.17) is 10.3 Å². The molecule has 2 heterocycles. The van der Waals surface area contributed by atoms with Gasteiger partial charge in [0.15, 0.2) is 0 Å². The van der Waals surface area contributed by atoms with Gasteiger partial charge in [-0.2, -0.15) is 4.98 Å². The summed E-state index contributed by atoms with van der Waals surface area (Å²) < 4.78 is 5.24. The largest absolute Gasteiger partial charge is 0.384 e. The van der Waals surface area contributed by atoms with E-state index in [1.54, 1.807) is 12.1 Å². The van der Waals surface area contributed by atoms with Crippen molar-refractivity contribution < 1.29 is 9.32 Å². The molecule has 0 saturated carbocycles. The number of nitrogens with zero attached hydrogens (tertiary/aromatic N) is 3. The van der Waals surface area contributed by atoms with Crippen LogP contribution in [0, 0.1) is 0 Å². The highest BCUT2D eigenvalue weighted by Gasteiger charge is 2.11. The number of carbonyl (C=O) groups is 1. The molecule has 0 unspecified atom stereocenters. The summed E-state index contributed by atoms with van der Waals surface area (Å²) in [5.74, 6) is 1.68. The van der Waals surface area contributed by atoms with Crippen molar-refractivity contribution >= 4 is 17.4 Å². The molecule has 7 heteroatoms. The highest BCUT2D eigenvalue weighted by Crippen LogP contribution is 2.20. The number of carbonyl (C=O) groups excluding carboxylic acids is 1. The second-order valence-electron chi connectivity index (χ2n) is 6.31. The van der Waals surface area contributed by atoms with Crippen LogP contribution in [-0.2, 0) is 11.2 Å². The first-order chi connectivity index (χ1) is 12.5. The number of hydrogen-bond acceptors (Lipinski definition) is 6. The number of pyridine rings is 1. The van der Waals surface area contributed by atoms with E-state index in [1.807, 2.05) is 12.1 Å². The molecule has 0 saturated heterocycles. The van der Waals surface area contributed by atoms with Crippen LogP contribution in [0.5, 0.6) is 0 Å². The summed E-state index contributed by atoms with van der Waals surface area (Å²) in [5.41, 5.74) is 8.26. The van der Waals surface area contributed by atoms with Crippen molar-refractivity contribution in [1.82, 2.24) is 15.1 Å². The van der Waals surface area contributed by atoms with Crippen LogP contribution in [0.15, 0.2) is 47.1 Å². The van der Waals surface area contributed by atoms with E-state index < -0.39 is 0 Å². The number of hydrogen-bond donors (Lipinski definition) is 2. The lowest BCUT2D eigenvalue weighted by atomic mass is 10.0. The molecule has 3 aromatic rings. The smallest absolute Gasteiger partial charge is 0.227 e. The Labute approximate surface area is 151 Å². The van der Waals surface area contributed by atoms with Crippen LogP contribution in [0.4, 0.5) is 11.5 Å². The number of benzene rings is 1. The third-order valence-corrected chi connectivity index (χ3v) is 3.94. The summed E-state index contributed by atoms with van der Waals surface area (Å²) in [5, 5.41) is 6.74. The van der Waals surface area contributed by atoms with Crippen molar-refractivity contribution in [3.63, 3.8) is 0 Å². The zero-order chi connectivity index (χ0) is 18.5. The van der Waals surface area contributed by atoms with Gasteiger partial charge in [0.1, 0.15) is 5.82 Å². The SMILES string of the molecule is CC(C)c1ccc(-c2noc(CCC(=O)Nc3ccc(N)nc3)n2)cc1. The quantitative estimate of drug-likeness (QED) is 0.705. The lowest BCUT2D eigenvalue weighted by Crippen LogP contribution is -2.12. The lowest BCUT2D eigenvalue weighted by Gasteiger charge is -2.04. The number of rotatable bonds is 6. The first-order valence-corrected chi connectivity index (χ1v) is 8.45. The van der Waals surface area contributed by atoms with E-state index in [-0.39, 0.29) is 12.3 Å². The maximum atomic E-state index is 12.0. The fraction of sp³-hybridized carbons (Fsp3) is 0.263. The van der Waals surface area contributed by atoms with Crippen molar-refractivity contribution in [3.8, 4) is 11.4 Å². The van der Waals surface area contributed by atoms with E-state index in [0.29, 0.717) is 35.6 Å². The van der Waals surface area contributed by atoms with Crippen LogP contribution in [0.2, 0.25) is 0 Å². The molecule has 0 bridgehead atoms. The fourth-order valence-electron chi connectivity index (χ4n) is 2.41. The molecular weight excluding hydrogens is 330 g/mol. The topological polar surface area (TPSA) is 107 Å². The zero-order valence-electron chi connectivity index (χ0n) is 14.8. The molecule has 0 fully saturated rings. The van der Waals surface area contributed by atoms with Gasteiger partial charge in [-0.15, -0.1) is 0 Å². The van der Waals surface area contributed by atoms with E-state index in [1.165, 1.54) is 11.8 Å². The van der Waals surface area contributed by atoms with E-state index in [0.717, 1.165) is 5.56 Å². The molecule has 0 spiro atoms. The number of nitrogens with one attached hydrogen (secondary N) is 1. The van der Waals surface area contributed by atoms with Gasteiger partial charge in [-0.25, -0.2) is 4.98 Å². The lowest BCUT2D eigenvalue weighted by molar-refractivity contribution is -0.116. The van der Waals surface area contributed by atoms with Gasteiger partial charge in [-0.3, -0.25) is 4.79 Å². The first kappa shape index (κ1) is 17.6. The molecule has 3 rings (SSSR count). The average Bonchev–Trinajstić information content (AvgIpc) is 3.11. The molecule has 0 aliphatic heterocycles. The Hall–Kier alpha value is -3.22. The minimum absolute atomic E-state index is 0.155. The van der Waals surface area contributed by atoms with Gasteiger partial charge < -0.3 is 15.6 Å². The van der Waals surface area contributed by atoms with E-state index in [2.05, 4.69) is 46.4 Å². The van der Waals surface area contributed by atoms with Crippen LogP contribution in [-0.4, -0.2) is 21.0 Å². The van der Waals surface area contributed by atoms with Gasteiger partial charge in [0.25, 0.3) is 0 Å². The van der Waals surface area contributed by atoms with Crippen LogP contribution in [0.25, 0.3) is 11.4 Å². The Morgan fingerprint density at radius 2 is 1.96 bits per heavy atom. The molecule has 134 valence electrons. The predicted octanol–water partition coefficient (Wildman–Crippen LogP) is 3.41. The molecule has 0 aliphatic rings. The number of aryl methyl sites for hydroxylation is 1. The van der Waals surface area contributed by atoms with E-state index >= 15 is 0 Å². The summed E-state index contributed by atoms with van der Waals surface area (Å²) in [7, 11) is 0. The van der Waals surface area contributed by atoms with Gasteiger partial charge in [-0.1, -0.05) is 43.3 Å². The summed E-state index contributed by atoms with van der Waals surface area (Å²) >= 11 is 0. The molecule has 7 nitrogen and oxygen atoms in total. The second-order valence-corrected chi connectivity index (χ2v) is 6.31. The van der Waals surface area contributed by atoms with Crippen molar-refractivity contribution in [2.45, 2.75) is 32.6 Å². The van der Waals surface area contributed by atoms with Crippen LogP contribution < -0.4 is 11.1 Å². The Balaban J connectivity index is 1.56. The highest BCUT2D eigenvalue weighted by molar-refractivity contribution is 5.90. The normalized spacial score (nSPS) is 10.9. The Morgan fingerprint density at radius 3 is 2.62 bits per heavy atom.